The normalized spacial score (nSPS) is 24.0. The molecule has 1 N–H and O–H groups in total. The van der Waals surface area contributed by atoms with E-state index in [2.05, 4.69) is 41.7 Å². The lowest BCUT2D eigenvalue weighted by molar-refractivity contribution is 0.168. The van der Waals surface area contributed by atoms with Gasteiger partial charge in [0.15, 0.2) is 0 Å². The maximum atomic E-state index is 6.28. The number of fused-ring (bicyclic) bond motifs is 4. The van der Waals surface area contributed by atoms with Crippen LogP contribution in [0.3, 0.4) is 0 Å². The molecular formula is C17H17NO. The number of benzene rings is 2. The molecule has 2 atom stereocenters. The highest BCUT2D eigenvalue weighted by Gasteiger charge is 2.33. The molecule has 0 radical (unpaired) electrons. The molecule has 1 aliphatic carbocycles. The van der Waals surface area contributed by atoms with Gasteiger partial charge in [-0.2, -0.15) is 0 Å². The van der Waals surface area contributed by atoms with Gasteiger partial charge in [-0.1, -0.05) is 36.4 Å². The van der Waals surface area contributed by atoms with E-state index in [9.17, 15) is 0 Å². The molecule has 0 amide bonds. The summed E-state index contributed by atoms with van der Waals surface area (Å²) in [6.45, 7) is 0. The first-order chi connectivity index (χ1) is 9.42. The average molecular weight is 251 g/mol. The van der Waals surface area contributed by atoms with E-state index in [4.69, 9.17) is 4.74 Å². The van der Waals surface area contributed by atoms with Crippen LogP contribution in [0.25, 0.3) is 0 Å². The highest BCUT2D eigenvalue weighted by atomic mass is 16.5. The molecule has 1 heterocycles. The van der Waals surface area contributed by atoms with Crippen molar-refractivity contribution in [2.24, 2.45) is 0 Å². The molecule has 0 saturated heterocycles. The zero-order chi connectivity index (χ0) is 12.7. The summed E-state index contributed by atoms with van der Waals surface area (Å²) in [4.78, 5) is 0. The van der Waals surface area contributed by atoms with Crippen LogP contribution in [0.4, 0.5) is 5.69 Å². The Bertz CT molecular complexity index is 608. The average Bonchev–Trinajstić information content (AvgIpc) is 2.64. The Morgan fingerprint density at radius 1 is 1.00 bits per heavy atom. The number of anilines is 1. The summed E-state index contributed by atoms with van der Waals surface area (Å²) in [6, 6.07) is 17.3. The predicted octanol–water partition coefficient (Wildman–Crippen LogP) is 3.94. The second-order valence-electron chi connectivity index (χ2n) is 5.38. The van der Waals surface area contributed by atoms with Gasteiger partial charge in [0.25, 0.3) is 0 Å². The van der Waals surface area contributed by atoms with Crippen LogP contribution in [0, 0.1) is 0 Å². The Hall–Kier alpha value is -1.96. The summed E-state index contributed by atoms with van der Waals surface area (Å²) in [5, 5.41) is 3.65. The summed E-state index contributed by atoms with van der Waals surface area (Å²) in [5.74, 6) is 0.973. The van der Waals surface area contributed by atoms with Crippen LogP contribution < -0.4 is 10.1 Å². The van der Waals surface area contributed by atoms with Crippen LogP contribution in [-0.4, -0.2) is 6.04 Å². The van der Waals surface area contributed by atoms with Crippen LogP contribution in [0.5, 0.6) is 5.75 Å². The van der Waals surface area contributed by atoms with Crippen molar-refractivity contribution in [1.29, 1.82) is 0 Å². The van der Waals surface area contributed by atoms with Gasteiger partial charge in [-0.05, 0) is 42.5 Å². The molecule has 2 aliphatic rings. The quantitative estimate of drug-likeness (QED) is 0.765. The first-order valence-electron chi connectivity index (χ1n) is 7.02. The number of para-hydroxylation sites is 2. The minimum Gasteiger partial charge on any atom is -0.481 e. The van der Waals surface area contributed by atoms with Crippen molar-refractivity contribution < 1.29 is 4.74 Å². The van der Waals surface area contributed by atoms with Crippen LogP contribution in [-0.2, 0) is 6.42 Å². The van der Waals surface area contributed by atoms with Crippen LogP contribution in [0.2, 0.25) is 0 Å². The fourth-order valence-electron chi connectivity index (χ4n) is 3.24. The minimum atomic E-state index is 0.147. The van der Waals surface area contributed by atoms with Gasteiger partial charge in [0, 0.05) is 0 Å². The van der Waals surface area contributed by atoms with E-state index in [1.165, 1.54) is 17.5 Å². The topological polar surface area (TPSA) is 21.3 Å². The second-order valence-corrected chi connectivity index (χ2v) is 5.38. The smallest absolute Gasteiger partial charge is 0.144 e. The van der Waals surface area contributed by atoms with Crippen molar-refractivity contribution in [3.8, 4) is 5.75 Å². The molecule has 0 spiro atoms. The lowest BCUT2D eigenvalue weighted by Crippen LogP contribution is -2.34. The van der Waals surface area contributed by atoms with Gasteiger partial charge >= 0.3 is 0 Å². The maximum Gasteiger partial charge on any atom is 0.144 e. The Kier molecular flexibility index (Phi) is 2.47. The standard InChI is InChI=1S/C17H17NO/c1-2-8-13-12(6-1)7-5-10-15-17(13)19-16-11-4-3-9-14(16)18-15/h1-4,6,8-9,11,15,17-18H,5,7,10H2. The number of rotatable bonds is 0. The number of ether oxygens (including phenoxy) is 1. The van der Waals surface area contributed by atoms with Crippen molar-refractivity contribution in [3.05, 3.63) is 59.7 Å². The maximum absolute atomic E-state index is 6.28. The van der Waals surface area contributed by atoms with Crippen LogP contribution >= 0.6 is 0 Å². The Labute approximate surface area is 113 Å². The van der Waals surface area contributed by atoms with Crippen molar-refractivity contribution in [2.75, 3.05) is 5.32 Å². The molecule has 2 nitrogen and oxygen atoms in total. The fraction of sp³-hybridized carbons (Fsp3) is 0.294. The van der Waals surface area contributed by atoms with E-state index in [0.717, 1.165) is 24.3 Å². The fourth-order valence-corrected chi connectivity index (χ4v) is 3.24. The Morgan fingerprint density at radius 3 is 2.84 bits per heavy atom. The van der Waals surface area contributed by atoms with E-state index in [1.54, 1.807) is 0 Å². The monoisotopic (exact) mass is 251 g/mol. The molecule has 0 saturated carbocycles. The highest BCUT2D eigenvalue weighted by molar-refractivity contribution is 5.59. The van der Waals surface area contributed by atoms with E-state index in [0.29, 0.717) is 6.04 Å². The van der Waals surface area contributed by atoms with E-state index < -0.39 is 0 Å². The van der Waals surface area contributed by atoms with Crippen molar-refractivity contribution in [3.63, 3.8) is 0 Å². The molecular weight excluding hydrogens is 234 g/mol. The molecule has 0 bridgehead atoms. The third kappa shape index (κ3) is 1.79. The SMILES string of the molecule is c1ccc2c(c1)CCCC1Nc3ccccc3OC21. The molecule has 4 rings (SSSR count). The molecule has 96 valence electrons. The summed E-state index contributed by atoms with van der Waals surface area (Å²) in [6.07, 6.45) is 3.68. The lowest BCUT2D eigenvalue weighted by atomic mass is 9.97. The summed E-state index contributed by atoms with van der Waals surface area (Å²) >= 11 is 0. The molecule has 0 fully saturated rings. The Balaban J connectivity index is 1.79. The third-order valence-electron chi connectivity index (χ3n) is 4.17. The van der Waals surface area contributed by atoms with Gasteiger partial charge in [0.1, 0.15) is 11.9 Å². The van der Waals surface area contributed by atoms with Crippen LogP contribution in [0.15, 0.2) is 48.5 Å². The van der Waals surface area contributed by atoms with E-state index in [-0.39, 0.29) is 6.10 Å². The molecule has 2 unspecified atom stereocenters. The molecule has 2 heteroatoms. The zero-order valence-electron chi connectivity index (χ0n) is 10.8. The zero-order valence-corrected chi connectivity index (χ0v) is 10.8. The second kappa shape index (κ2) is 4.30. The summed E-state index contributed by atoms with van der Waals surface area (Å²) in [5.41, 5.74) is 3.92. The third-order valence-corrected chi connectivity index (χ3v) is 4.17. The van der Waals surface area contributed by atoms with Gasteiger partial charge in [0.2, 0.25) is 0 Å². The molecule has 1 aliphatic heterocycles. The Morgan fingerprint density at radius 2 is 1.84 bits per heavy atom. The summed E-state index contributed by atoms with van der Waals surface area (Å²) in [7, 11) is 0. The first kappa shape index (κ1) is 10.9. The summed E-state index contributed by atoms with van der Waals surface area (Å²) < 4.78 is 6.28. The molecule has 19 heavy (non-hydrogen) atoms. The largest absolute Gasteiger partial charge is 0.481 e. The molecule has 2 aromatic carbocycles. The van der Waals surface area contributed by atoms with Gasteiger partial charge in [-0.15, -0.1) is 0 Å². The van der Waals surface area contributed by atoms with Crippen LogP contribution in [0.1, 0.15) is 30.1 Å². The van der Waals surface area contributed by atoms with E-state index >= 15 is 0 Å². The van der Waals surface area contributed by atoms with Gasteiger partial charge in [-0.3, -0.25) is 0 Å². The predicted molar refractivity (Wildman–Crippen MR) is 76.6 cm³/mol. The van der Waals surface area contributed by atoms with Gasteiger partial charge < -0.3 is 10.1 Å². The van der Waals surface area contributed by atoms with E-state index in [1.807, 2.05) is 12.1 Å². The highest BCUT2D eigenvalue weighted by Crippen LogP contribution is 2.41. The lowest BCUT2D eigenvalue weighted by Gasteiger charge is -2.34. The van der Waals surface area contributed by atoms with Gasteiger partial charge in [-0.25, -0.2) is 0 Å². The minimum absolute atomic E-state index is 0.147. The van der Waals surface area contributed by atoms with Crippen molar-refractivity contribution >= 4 is 5.69 Å². The van der Waals surface area contributed by atoms with Crippen molar-refractivity contribution in [1.82, 2.24) is 0 Å². The van der Waals surface area contributed by atoms with Gasteiger partial charge in [0.05, 0.1) is 11.7 Å². The molecule has 2 aromatic rings. The number of aryl methyl sites for hydroxylation is 1. The number of nitrogens with one attached hydrogen (secondary N) is 1. The first-order valence-corrected chi connectivity index (χ1v) is 7.02. The van der Waals surface area contributed by atoms with Crippen molar-refractivity contribution in [2.45, 2.75) is 31.4 Å². The number of hydrogen-bond acceptors (Lipinski definition) is 2. The molecule has 0 aromatic heterocycles. The number of hydrogen-bond donors (Lipinski definition) is 1.